The average Bonchev–Trinajstić information content (AvgIpc) is 2.96. The lowest BCUT2D eigenvalue weighted by atomic mass is 9.97. The van der Waals surface area contributed by atoms with Crippen molar-refractivity contribution in [2.24, 2.45) is 0 Å². The Balaban J connectivity index is 1.78. The lowest BCUT2D eigenvalue weighted by Crippen LogP contribution is -2.36. The van der Waals surface area contributed by atoms with Gasteiger partial charge in [-0.05, 0) is 46.2 Å². The molecule has 0 bridgehead atoms. The SMILES string of the molecule is CC1CCCC(c2cncn2C2CCN(C)C2)N1. The van der Waals surface area contributed by atoms with Gasteiger partial charge in [-0.3, -0.25) is 0 Å². The van der Waals surface area contributed by atoms with Crippen molar-refractivity contribution in [1.82, 2.24) is 19.8 Å². The van der Waals surface area contributed by atoms with Crippen LogP contribution < -0.4 is 5.32 Å². The maximum Gasteiger partial charge on any atom is 0.0951 e. The van der Waals surface area contributed by atoms with Crippen LogP contribution >= 0.6 is 0 Å². The third kappa shape index (κ3) is 2.31. The Morgan fingerprint density at radius 3 is 2.94 bits per heavy atom. The summed E-state index contributed by atoms with van der Waals surface area (Å²) in [7, 11) is 2.21. The smallest absolute Gasteiger partial charge is 0.0951 e. The zero-order chi connectivity index (χ0) is 12.5. The summed E-state index contributed by atoms with van der Waals surface area (Å²) in [6.45, 7) is 4.65. The molecule has 1 N–H and O–H groups in total. The van der Waals surface area contributed by atoms with E-state index in [-0.39, 0.29) is 0 Å². The Bertz CT molecular complexity index is 400. The Hall–Kier alpha value is -0.870. The molecule has 4 nitrogen and oxygen atoms in total. The summed E-state index contributed by atoms with van der Waals surface area (Å²) < 4.78 is 2.42. The van der Waals surface area contributed by atoms with Gasteiger partial charge in [0.1, 0.15) is 0 Å². The number of aromatic nitrogens is 2. The van der Waals surface area contributed by atoms with Gasteiger partial charge in [-0.15, -0.1) is 0 Å². The minimum absolute atomic E-state index is 0.502. The van der Waals surface area contributed by atoms with E-state index in [1.807, 2.05) is 6.33 Å². The van der Waals surface area contributed by atoms with E-state index in [0.717, 1.165) is 6.54 Å². The van der Waals surface area contributed by atoms with Crippen molar-refractivity contribution in [3.05, 3.63) is 18.2 Å². The van der Waals surface area contributed by atoms with Crippen molar-refractivity contribution in [2.45, 2.75) is 50.7 Å². The molecule has 0 radical (unpaired) electrons. The molecule has 2 aliphatic rings. The highest BCUT2D eigenvalue weighted by molar-refractivity contribution is 5.09. The molecule has 1 aromatic heterocycles. The minimum atomic E-state index is 0.502. The van der Waals surface area contributed by atoms with Crippen LogP contribution in [-0.4, -0.2) is 40.6 Å². The summed E-state index contributed by atoms with van der Waals surface area (Å²) in [6, 6.07) is 1.76. The van der Waals surface area contributed by atoms with Gasteiger partial charge in [0.25, 0.3) is 0 Å². The molecule has 3 atom stereocenters. The van der Waals surface area contributed by atoms with Crippen molar-refractivity contribution in [2.75, 3.05) is 20.1 Å². The first-order chi connectivity index (χ1) is 8.74. The zero-order valence-corrected chi connectivity index (χ0v) is 11.5. The van der Waals surface area contributed by atoms with Gasteiger partial charge >= 0.3 is 0 Å². The lowest BCUT2D eigenvalue weighted by Gasteiger charge is -2.30. The van der Waals surface area contributed by atoms with E-state index in [1.165, 1.54) is 37.9 Å². The van der Waals surface area contributed by atoms with E-state index in [4.69, 9.17) is 0 Å². The fourth-order valence-electron chi connectivity index (χ4n) is 3.40. The van der Waals surface area contributed by atoms with Crippen LogP contribution in [0, 0.1) is 0 Å². The van der Waals surface area contributed by atoms with Crippen LogP contribution in [-0.2, 0) is 0 Å². The molecule has 0 saturated carbocycles. The third-order valence-electron chi connectivity index (χ3n) is 4.43. The maximum atomic E-state index is 4.40. The van der Waals surface area contributed by atoms with Gasteiger partial charge in [-0.25, -0.2) is 4.98 Å². The van der Waals surface area contributed by atoms with Crippen molar-refractivity contribution < 1.29 is 0 Å². The van der Waals surface area contributed by atoms with E-state index < -0.39 is 0 Å². The quantitative estimate of drug-likeness (QED) is 0.868. The second kappa shape index (κ2) is 5.02. The van der Waals surface area contributed by atoms with E-state index in [9.17, 15) is 0 Å². The Kier molecular flexibility index (Phi) is 3.39. The third-order valence-corrected chi connectivity index (χ3v) is 4.43. The van der Waals surface area contributed by atoms with Crippen LogP contribution in [0.15, 0.2) is 12.5 Å². The van der Waals surface area contributed by atoms with Gasteiger partial charge < -0.3 is 14.8 Å². The summed E-state index contributed by atoms with van der Waals surface area (Å²) in [5.74, 6) is 0. The molecule has 3 unspecified atom stereocenters. The first-order valence-electron chi connectivity index (χ1n) is 7.20. The van der Waals surface area contributed by atoms with Crippen LogP contribution in [0.1, 0.15) is 50.4 Å². The summed E-state index contributed by atoms with van der Waals surface area (Å²) in [5.41, 5.74) is 1.39. The number of hydrogen-bond acceptors (Lipinski definition) is 3. The van der Waals surface area contributed by atoms with Crippen LogP contribution in [0.4, 0.5) is 0 Å². The normalized spacial score (nSPS) is 34.0. The Labute approximate surface area is 109 Å². The topological polar surface area (TPSA) is 33.1 Å². The van der Waals surface area contributed by atoms with E-state index in [2.05, 4.69) is 39.9 Å². The van der Waals surface area contributed by atoms with Gasteiger partial charge in [-0.1, -0.05) is 0 Å². The number of nitrogens with one attached hydrogen (secondary N) is 1. The fraction of sp³-hybridized carbons (Fsp3) is 0.786. The molecule has 2 fully saturated rings. The summed E-state index contributed by atoms with van der Waals surface area (Å²) >= 11 is 0. The Morgan fingerprint density at radius 2 is 2.22 bits per heavy atom. The van der Waals surface area contributed by atoms with Gasteiger partial charge in [-0.2, -0.15) is 0 Å². The zero-order valence-electron chi connectivity index (χ0n) is 11.5. The number of imidazole rings is 1. The lowest BCUT2D eigenvalue weighted by molar-refractivity contribution is 0.320. The second-order valence-electron chi connectivity index (χ2n) is 5.98. The molecule has 2 aliphatic heterocycles. The number of likely N-dealkylation sites (N-methyl/N-ethyl adjacent to an activating group) is 1. The van der Waals surface area contributed by atoms with Gasteiger partial charge in [0.05, 0.1) is 12.0 Å². The molecule has 4 heteroatoms. The predicted octanol–water partition coefficient (Wildman–Crippen LogP) is 1.96. The Morgan fingerprint density at radius 1 is 1.33 bits per heavy atom. The maximum absolute atomic E-state index is 4.40. The van der Waals surface area contributed by atoms with E-state index in [0.29, 0.717) is 18.1 Å². The average molecular weight is 248 g/mol. The van der Waals surface area contributed by atoms with Crippen LogP contribution in [0.3, 0.4) is 0 Å². The number of likely N-dealkylation sites (tertiary alicyclic amines) is 1. The molecule has 18 heavy (non-hydrogen) atoms. The van der Waals surface area contributed by atoms with Gasteiger partial charge in [0.2, 0.25) is 0 Å². The molecular formula is C14H24N4. The van der Waals surface area contributed by atoms with Gasteiger partial charge in [0.15, 0.2) is 0 Å². The predicted molar refractivity (Wildman–Crippen MR) is 72.6 cm³/mol. The molecule has 1 aromatic rings. The van der Waals surface area contributed by atoms with E-state index in [1.54, 1.807) is 0 Å². The molecule has 0 aliphatic carbocycles. The number of nitrogens with zero attached hydrogens (tertiary/aromatic N) is 3. The molecule has 100 valence electrons. The highest BCUT2D eigenvalue weighted by Crippen LogP contribution is 2.29. The molecule has 3 rings (SSSR count). The first kappa shape index (κ1) is 12.2. The van der Waals surface area contributed by atoms with Crippen LogP contribution in [0.25, 0.3) is 0 Å². The minimum Gasteiger partial charge on any atom is -0.329 e. The standard InChI is InChI=1S/C14H24N4/c1-11-4-3-5-13(16-11)14-8-15-10-18(14)12-6-7-17(2)9-12/h8,10-13,16H,3-7,9H2,1-2H3. The molecule has 0 aromatic carbocycles. The monoisotopic (exact) mass is 248 g/mol. The van der Waals surface area contributed by atoms with Crippen molar-refractivity contribution in [1.29, 1.82) is 0 Å². The van der Waals surface area contributed by atoms with Gasteiger partial charge in [0, 0.05) is 30.9 Å². The fourth-order valence-corrected chi connectivity index (χ4v) is 3.40. The number of rotatable bonds is 2. The van der Waals surface area contributed by atoms with E-state index >= 15 is 0 Å². The van der Waals surface area contributed by atoms with Crippen molar-refractivity contribution >= 4 is 0 Å². The van der Waals surface area contributed by atoms with Crippen LogP contribution in [0.5, 0.6) is 0 Å². The summed E-state index contributed by atoms with van der Waals surface area (Å²) in [6.07, 6.45) is 9.22. The highest BCUT2D eigenvalue weighted by atomic mass is 15.2. The number of piperidine rings is 1. The number of hydrogen-bond donors (Lipinski definition) is 1. The molecular weight excluding hydrogens is 224 g/mol. The van der Waals surface area contributed by atoms with Crippen molar-refractivity contribution in [3.63, 3.8) is 0 Å². The molecule has 2 saturated heterocycles. The molecule has 0 amide bonds. The largest absolute Gasteiger partial charge is 0.329 e. The first-order valence-corrected chi connectivity index (χ1v) is 7.20. The molecule has 0 spiro atoms. The molecule has 3 heterocycles. The van der Waals surface area contributed by atoms with Crippen molar-refractivity contribution in [3.8, 4) is 0 Å². The highest BCUT2D eigenvalue weighted by Gasteiger charge is 2.27. The summed E-state index contributed by atoms with van der Waals surface area (Å²) in [4.78, 5) is 6.80. The second-order valence-corrected chi connectivity index (χ2v) is 5.98. The summed E-state index contributed by atoms with van der Waals surface area (Å²) in [5, 5.41) is 3.72. The van der Waals surface area contributed by atoms with Crippen LogP contribution in [0.2, 0.25) is 0 Å².